The molecular weight excluding hydrogens is 336 g/mol. The lowest BCUT2D eigenvalue weighted by Gasteiger charge is -2.32. The average molecular weight is 353 g/mol. The van der Waals surface area contributed by atoms with Crippen molar-refractivity contribution in [2.45, 2.75) is 25.0 Å². The summed E-state index contributed by atoms with van der Waals surface area (Å²) in [6, 6.07) is 5.66. The lowest BCUT2D eigenvalue weighted by Crippen LogP contribution is -2.42. The number of anilines is 1. The molecular formula is C15H17BrN2O3. The van der Waals surface area contributed by atoms with Crippen LogP contribution in [0.2, 0.25) is 0 Å². The van der Waals surface area contributed by atoms with Gasteiger partial charge in [-0.05, 0) is 42.7 Å². The summed E-state index contributed by atoms with van der Waals surface area (Å²) >= 11 is 3.33. The van der Waals surface area contributed by atoms with Crippen molar-refractivity contribution < 1.29 is 9.66 Å². The molecule has 1 aliphatic heterocycles. The first kappa shape index (κ1) is 13.5. The summed E-state index contributed by atoms with van der Waals surface area (Å²) in [5.41, 5.74) is 0.925. The van der Waals surface area contributed by atoms with Crippen LogP contribution in [0, 0.1) is 27.9 Å². The van der Waals surface area contributed by atoms with E-state index < -0.39 is 0 Å². The average Bonchev–Trinajstić information content (AvgIpc) is 3.06. The van der Waals surface area contributed by atoms with Crippen LogP contribution in [-0.4, -0.2) is 30.7 Å². The summed E-state index contributed by atoms with van der Waals surface area (Å²) in [5, 5.41) is 11.4. The van der Waals surface area contributed by atoms with Gasteiger partial charge in [-0.2, -0.15) is 0 Å². The van der Waals surface area contributed by atoms with Crippen LogP contribution >= 0.6 is 15.9 Å². The molecule has 0 aromatic heterocycles. The van der Waals surface area contributed by atoms with Crippen molar-refractivity contribution in [2.24, 2.45) is 17.8 Å². The van der Waals surface area contributed by atoms with Crippen molar-refractivity contribution in [3.8, 4) is 0 Å². The van der Waals surface area contributed by atoms with E-state index in [1.54, 1.807) is 13.2 Å². The van der Waals surface area contributed by atoms with Crippen LogP contribution in [0.25, 0.3) is 0 Å². The first-order valence-corrected chi connectivity index (χ1v) is 8.13. The number of halogens is 1. The van der Waals surface area contributed by atoms with Gasteiger partial charge in [-0.3, -0.25) is 10.1 Å². The molecule has 0 amide bonds. The monoisotopic (exact) mass is 352 g/mol. The molecule has 3 aliphatic rings. The summed E-state index contributed by atoms with van der Waals surface area (Å²) < 4.78 is 6.47. The van der Waals surface area contributed by atoms with Crippen LogP contribution in [0.3, 0.4) is 0 Å². The fraction of sp³-hybridized carbons (Fsp3) is 0.600. The summed E-state index contributed by atoms with van der Waals surface area (Å²) in [7, 11) is 1.77. The van der Waals surface area contributed by atoms with Gasteiger partial charge in [0.1, 0.15) is 5.69 Å². The normalized spacial score (nSPS) is 36.5. The second kappa shape index (κ2) is 4.68. The minimum atomic E-state index is -0.283. The molecule has 2 bridgehead atoms. The highest BCUT2D eigenvalue weighted by molar-refractivity contribution is 9.10. The number of nitrogens with zero attached hydrogens (tertiary/aromatic N) is 2. The van der Waals surface area contributed by atoms with Gasteiger partial charge in [0.2, 0.25) is 0 Å². The summed E-state index contributed by atoms with van der Waals surface area (Å²) in [4.78, 5) is 13.3. The second-order valence-electron chi connectivity index (χ2n) is 6.39. The Morgan fingerprint density at radius 3 is 2.90 bits per heavy atom. The number of nitro groups is 1. The van der Waals surface area contributed by atoms with E-state index in [0.29, 0.717) is 23.8 Å². The van der Waals surface area contributed by atoms with Crippen LogP contribution in [0.15, 0.2) is 22.7 Å². The van der Waals surface area contributed by atoms with Crippen molar-refractivity contribution in [3.05, 3.63) is 32.8 Å². The number of ether oxygens (including phenoxy) is 1. The molecule has 5 atom stereocenters. The molecule has 2 saturated carbocycles. The SMILES string of the molecule is CO[C@@H]1[C@H]2C[C@@H]3CN(c4ccc(Br)cc4[N+](=O)[O-])[C@@H]1[C@H]3C2. The predicted octanol–water partition coefficient (Wildman–Crippen LogP) is 3.22. The molecule has 0 spiro atoms. The number of hydrogen-bond acceptors (Lipinski definition) is 4. The zero-order valence-electron chi connectivity index (χ0n) is 11.7. The highest BCUT2D eigenvalue weighted by Gasteiger charge is 2.60. The first-order valence-electron chi connectivity index (χ1n) is 7.33. The number of nitro benzene ring substituents is 1. The maximum absolute atomic E-state index is 11.4. The minimum absolute atomic E-state index is 0.184. The Balaban J connectivity index is 1.76. The third-order valence-electron chi connectivity index (χ3n) is 5.53. The third kappa shape index (κ3) is 1.85. The summed E-state index contributed by atoms with van der Waals surface area (Å²) in [6.07, 6.45) is 2.65. The van der Waals surface area contributed by atoms with Crippen LogP contribution in [0.5, 0.6) is 0 Å². The molecule has 4 rings (SSSR count). The lowest BCUT2D eigenvalue weighted by molar-refractivity contribution is -0.384. The highest BCUT2D eigenvalue weighted by Crippen LogP contribution is 2.57. The molecule has 112 valence electrons. The van der Waals surface area contributed by atoms with Crippen molar-refractivity contribution in [1.82, 2.24) is 0 Å². The molecule has 6 heteroatoms. The lowest BCUT2D eigenvalue weighted by atomic mass is 9.88. The first-order chi connectivity index (χ1) is 10.1. The van der Waals surface area contributed by atoms with Gasteiger partial charge >= 0.3 is 0 Å². The van der Waals surface area contributed by atoms with E-state index in [2.05, 4.69) is 20.8 Å². The zero-order valence-corrected chi connectivity index (χ0v) is 13.3. The Morgan fingerprint density at radius 1 is 1.38 bits per heavy atom. The van der Waals surface area contributed by atoms with Gasteiger partial charge in [0.05, 0.1) is 17.1 Å². The predicted molar refractivity (Wildman–Crippen MR) is 82.4 cm³/mol. The van der Waals surface area contributed by atoms with Gasteiger partial charge in [0, 0.05) is 24.2 Å². The Kier molecular flexibility index (Phi) is 3.01. The highest BCUT2D eigenvalue weighted by atomic mass is 79.9. The number of fused-ring (bicyclic) bond motifs is 1. The fourth-order valence-corrected chi connectivity index (χ4v) is 5.23. The van der Waals surface area contributed by atoms with Crippen molar-refractivity contribution >= 4 is 27.3 Å². The van der Waals surface area contributed by atoms with Gasteiger partial charge in [-0.25, -0.2) is 0 Å². The molecule has 1 heterocycles. The van der Waals surface area contributed by atoms with Crippen LogP contribution in [0.1, 0.15) is 12.8 Å². The smallest absolute Gasteiger partial charge is 0.293 e. The molecule has 1 saturated heterocycles. The molecule has 0 unspecified atom stereocenters. The van der Waals surface area contributed by atoms with E-state index in [1.807, 2.05) is 12.1 Å². The van der Waals surface area contributed by atoms with Gasteiger partial charge < -0.3 is 9.64 Å². The number of rotatable bonds is 3. The number of benzene rings is 1. The van der Waals surface area contributed by atoms with Crippen LogP contribution < -0.4 is 4.90 Å². The molecule has 0 radical (unpaired) electrons. The second-order valence-corrected chi connectivity index (χ2v) is 7.30. The zero-order chi connectivity index (χ0) is 14.7. The van der Waals surface area contributed by atoms with E-state index in [-0.39, 0.29) is 16.7 Å². The molecule has 2 aliphatic carbocycles. The molecule has 1 aromatic rings. The Labute approximate surface area is 131 Å². The standard InChI is InChI=1S/C15H17BrN2O3/c1-21-15-8-4-9-7-17(14(15)11(9)5-8)12-3-2-10(16)6-13(12)18(19)20/h2-3,6,8-9,11,14-15H,4-5,7H2,1H3/t8-,9+,11-,14+,15+/m0/s1. The van der Waals surface area contributed by atoms with E-state index >= 15 is 0 Å². The molecule has 21 heavy (non-hydrogen) atoms. The maximum Gasteiger partial charge on any atom is 0.293 e. The van der Waals surface area contributed by atoms with E-state index in [0.717, 1.165) is 16.7 Å². The number of hydrogen-bond donors (Lipinski definition) is 0. The summed E-state index contributed by atoms with van der Waals surface area (Å²) in [6.45, 7) is 0.925. The Bertz CT molecular complexity index is 607. The van der Waals surface area contributed by atoms with Gasteiger partial charge in [-0.15, -0.1) is 0 Å². The minimum Gasteiger partial charge on any atom is -0.379 e. The Morgan fingerprint density at radius 2 is 2.19 bits per heavy atom. The van der Waals surface area contributed by atoms with Crippen molar-refractivity contribution in [1.29, 1.82) is 0 Å². The molecule has 1 aromatic carbocycles. The van der Waals surface area contributed by atoms with E-state index in [9.17, 15) is 10.1 Å². The molecule has 3 fully saturated rings. The summed E-state index contributed by atoms with van der Waals surface area (Å²) in [5.74, 6) is 1.95. The molecule has 0 N–H and O–H groups in total. The van der Waals surface area contributed by atoms with Crippen molar-refractivity contribution in [3.63, 3.8) is 0 Å². The maximum atomic E-state index is 11.4. The topological polar surface area (TPSA) is 55.6 Å². The van der Waals surface area contributed by atoms with E-state index in [4.69, 9.17) is 4.74 Å². The fourth-order valence-electron chi connectivity index (χ4n) is 4.88. The van der Waals surface area contributed by atoms with Gasteiger partial charge in [-0.1, -0.05) is 15.9 Å². The third-order valence-corrected chi connectivity index (χ3v) is 6.03. The van der Waals surface area contributed by atoms with Gasteiger partial charge in [0.25, 0.3) is 5.69 Å². The largest absolute Gasteiger partial charge is 0.379 e. The number of methoxy groups -OCH3 is 1. The quantitative estimate of drug-likeness (QED) is 0.619. The van der Waals surface area contributed by atoms with Gasteiger partial charge in [0.15, 0.2) is 0 Å². The van der Waals surface area contributed by atoms with Crippen LogP contribution in [0.4, 0.5) is 11.4 Å². The Hall–Kier alpha value is -1.14. The van der Waals surface area contributed by atoms with Crippen LogP contribution in [-0.2, 0) is 4.74 Å². The molecule has 5 nitrogen and oxygen atoms in total. The van der Waals surface area contributed by atoms with E-state index in [1.165, 1.54) is 12.8 Å². The van der Waals surface area contributed by atoms with Crippen molar-refractivity contribution in [2.75, 3.05) is 18.6 Å².